The van der Waals surface area contributed by atoms with Gasteiger partial charge in [0.15, 0.2) is 0 Å². The Labute approximate surface area is 160 Å². The van der Waals surface area contributed by atoms with E-state index in [9.17, 15) is 9.59 Å². The molecule has 2 amide bonds. The van der Waals surface area contributed by atoms with Crippen molar-refractivity contribution in [2.24, 2.45) is 0 Å². The Hall–Kier alpha value is -3.02. The SMILES string of the molecule is COc1ccc(CN(CCC(=O)Nc2cc(C)ccc2OC)C(C)=O)cc1. The second-order valence-electron chi connectivity index (χ2n) is 6.29. The summed E-state index contributed by atoms with van der Waals surface area (Å²) in [6, 6.07) is 13.1. The van der Waals surface area contributed by atoms with Gasteiger partial charge >= 0.3 is 0 Å². The van der Waals surface area contributed by atoms with E-state index in [-0.39, 0.29) is 18.2 Å². The number of carbonyl (C=O) groups is 2. The number of anilines is 1. The summed E-state index contributed by atoms with van der Waals surface area (Å²) in [5.74, 6) is 1.13. The van der Waals surface area contributed by atoms with E-state index >= 15 is 0 Å². The van der Waals surface area contributed by atoms with Crippen molar-refractivity contribution >= 4 is 17.5 Å². The maximum atomic E-state index is 12.3. The van der Waals surface area contributed by atoms with Gasteiger partial charge in [0, 0.05) is 26.4 Å². The third-order valence-electron chi connectivity index (χ3n) is 4.22. The lowest BCUT2D eigenvalue weighted by Gasteiger charge is -2.21. The Kier molecular flexibility index (Phi) is 7.23. The van der Waals surface area contributed by atoms with Crippen LogP contribution in [0.15, 0.2) is 42.5 Å². The van der Waals surface area contributed by atoms with Crippen molar-refractivity contribution in [3.8, 4) is 11.5 Å². The van der Waals surface area contributed by atoms with E-state index in [0.717, 1.165) is 16.9 Å². The summed E-state index contributed by atoms with van der Waals surface area (Å²) in [6.07, 6.45) is 0.201. The lowest BCUT2D eigenvalue weighted by atomic mass is 10.2. The summed E-state index contributed by atoms with van der Waals surface area (Å²) in [6.45, 7) is 4.23. The highest BCUT2D eigenvalue weighted by Crippen LogP contribution is 2.25. The largest absolute Gasteiger partial charge is 0.497 e. The first-order chi connectivity index (χ1) is 12.9. The molecular formula is C21H26N2O4. The molecule has 0 spiro atoms. The Morgan fingerprint density at radius 3 is 2.33 bits per heavy atom. The maximum absolute atomic E-state index is 12.3. The van der Waals surface area contributed by atoms with Gasteiger partial charge in [-0.3, -0.25) is 9.59 Å². The first-order valence-corrected chi connectivity index (χ1v) is 8.76. The third kappa shape index (κ3) is 6.02. The molecule has 144 valence electrons. The van der Waals surface area contributed by atoms with Crippen molar-refractivity contribution in [2.45, 2.75) is 26.8 Å². The number of methoxy groups -OCH3 is 2. The molecule has 2 rings (SSSR count). The summed E-state index contributed by atoms with van der Waals surface area (Å²) < 4.78 is 10.4. The van der Waals surface area contributed by atoms with E-state index in [0.29, 0.717) is 24.5 Å². The zero-order chi connectivity index (χ0) is 19.8. The minimum absolute atomic E-state index is 0.0771. The first-order valence-electron chi connectivity index (χ1n) is 8.76. The second-order valence-corrected chi connectivity index (χ2v) is 6.29. The van der Waals surface area contributed by atoms with E-state index < -0.39 is 0 Å². The van der Waals surface area contributed by atoms with Gasteiger partial charge in [0.2, 0.25) is 11.8 Å². The molecule has 0 saturated heterocycles. The van der Waals surface area contributed by atoms with E-state index in [1.165, 1.54) is 6.92 Å². The van der Waals surface area contributed by atoms with Gasteiger partial charge in [-0.25, -0.2) is 0 Å². The van der Waals surface area contributed by atoms with Gasteiger partial charge in [-0.05, 0) is 42.3 Å². The number of benzene rings is 2. The van der Waals surface area contributed by atoms with Crippen LogP contribution in [0, 0.1) is 6.92 Å². The van der Waals surface area contributed by atoms with Gasteiger partial charge in [-0.1, -0.05) is 18.2 Å². The predicted molar refractivity (Wildman–Crippen MR) is 105 cm³/mol. The highest BCUT2D eigenvalue weighted by atomic mass is 16.5. The molecule has 2 aromatic rings. The number of nitrogens with zero attached hydrogens (tertiary/aromatic N) is 1. The van der Waals surface area contributed by atoms with Gasteiger partial charge < -0.3 is 19.7 Å². The Bertz CT molecular complexity index is 787. The van der Waals surface area contributed by atoms with Crippen LogP contribution < -0.4 is 14.8 Å². The van der Waals surface area contributed by atoms with Crippen LogP contribution in [0.25, 0.3) is 0 Å². The molecule has 0 aromatic heterocycles. The number of ether oxygens (including phenoxy) is 2. The van der Waals surface area contributed by atoms with Crippen LogP contribution in [0.4, 0.5) is 5.69 Å². The van der Waals surface area contributed by atoms with Crippen LogP contribution in [-0.4, -0.2) is 37.5 Å². The first kappa shape index (κ1) is 20.3. The Morgan fingerprint density at radius 1 is 1.04 bits per heavy atom. The summed E-state index contributed by atoms with van der Waals surface area (Å²) in [4.78, 5) is 25.9. The Morgan fingerprint density at radius 2 is 1.74 bits per heavy atom. The number of carbonyl (C=O) groups excluding carboxylic acids is 2. The van der Waals surface area contributed by atoms with Crippen molar-refractivity contribution in [3.05, 3.63) is 53.6 Å². The summed E-state index contributed by atoms with van der Waals surface area (Å²) in [5.41, 5.74) is 2.63. The van der Waals surface area contributed by atoms with E-state index in [2.05, 4.69) is 5.32 Å². The predicted octanol–water partition coefficient (Wildman–Crippen LogP) is 3.39. The number of hydrogen-bond acceptors (Lipinski definition) is 4. The molecule has 0 aliphatic heterocycles. The normalized spacial score (nSPS) is 10.2. The van der Waals surface area contributed by atoms with Crippen LogP contribution in [0.5, 0.6) is 11.5 Å². The second kappa shape index (κ2) is 9.62. The molecule has 0 fully saturated rings. The molecule has 0 radical (unpaired) electrons. The van der Waals surface area contributed by atoms with Gasteiger partial charge in [0.25, 0.3) is 0 Å². The maximum Gasteiger partial charge on any atom is 0.226 e. The molecule has 0 atom stereocenters. The van der Waals surface area contributed by atoms with Crippen LogP contribution in [0.2, 0.25) is 0 Å². The van der Waals surface area contributed by atoms with Gasteiger partial charge in [-0.2, -0.15) is 0 Å². The molecule has 6 nitrogen and oxygen atoms in total. The number of nitrogens with one attached hydrogen (secondary N) is 1. The molecule has 0 aliphatic rings. The van der Waals surface area contributed by atoms with Gasteiger partial charge in [0.1, 0.15) is 11.5 Å². The summed E-state index contributed by atoms with van der Waals surface area (Å²) in [7, 11) is 3.17. The van der Waals surface area contributed by atoms with Gasteiger partial charge in [-0.15, -0.1) is 0 Å². The fourth-order valence-electron chi connectivity index (χ4n) is 2.67. The highest BCUT2D eigenvalue weighted by molar-refractivity contribution is 5.92. The molecule has 0 aliphatic carbocycles. The molecule has 1 N–H and O–H groups in total. The van der Waals surface area contributed by atoms with Gasteiger partial charge in [0.05, 0.1) is 19.9 Å². The van der Waals surface area contributed by atoms with E-state index in [4.69, 9.17) is 9.47 Å². The number of rotatable bonds is 8. The molecule has 0 saturated carbocycles. The molecular weight excluding hydrogens is 344 g/mol. The van der Waals surface area contributed by atoms with Crippen LogP contribution in [0.1, 0.15) is 24.5 Å². The highest BCUT2D eigenvalue weighted by Gasteiger charge is 2.13. The number of aryl methyl sites for hydroxylation is 1. The summed E-state index contributed by atoms with van der Waals surface area (Å²) >= 11 is 0. The third-order valence-corrected chi connectivity index (χ3v) is 4.22. The lowest BCUT2D eigenvalue weighted by Crippen LogP contribution is -2.31. The van der Waals surface area contributed by atoms with Crippen molar-refractivity contribution in [1.29, 1.82) is 0 Å². The van der Waals surface area contributed by atoms with Crippen LogP contribution in [0.3, 0.4) is 0 Å². The van der Waals surface area contributed by atoms with Crippen molar-refractivity contribution in [2.75, 3.05) is 26.1 Å². The zero-order valence-electron chi connectivity index (χ0n) is 16.2. The molecule has 0 heterocycles. The molecule has 2 aromatic carbocycles. The smallest absolute Gasteiger partial charge is 0.226 e. The van der Waals surface area contributed by atoms with Crippen molar-refractivity contribution in [1.82, 2.24) is 4.90 Å². The van der Waals surface area contributed by atoms with E-state index in [1.54, 1.807) is 19.1 Å². The van der Waals surface area contributed by atoms with Crippen LogP contribution in [-0.2, 0) is 16.1 Å². The average Bonchev–Trinajstić information content (AvgIpc) is 2.65. The lowest BCUT2D eigenvalue weighted by molar-refractivity contribution is -0.129. The minimum atomic E-state index is -0.167. The van der Waals surface area contributed by atoms with Crippen LogP contribution >= 0.6 is 0 Å². The molecule has 0 unspecified atom stereocenters. The fourth-order valence-corrected chi connectivity index (χ4v) is 2.67. The monoisotopic (exact) mass is 370 g/mol. The molecule has 0 bridgehead atoms. The minimum Gasteiger partial charge on any atom is -0.497 e. The Balaban J connectivity index is 1.95. The molecule has 27 heavy (non-hydrogen) atoms. The zero-order valence-corrected chi connectivity index (χ0v) is 16.2. The van der Waals surface area contributed by atoms with E-state index in [1.807, 2.05) is 49.4 Å². The average molecular weight is 370 g/mol. The van der Waals surface area contributed by atoms with Crippen molar-refractivity contribution < 1.29 is 19.1 Å². The topological polar surface area (TPSA) is 67.9 Å². The number of hydrogen-bond donors (Lipinski definition) is 1. The molecule has 6 heteroatoms. The van der Waals surface area contributed by atoms with Crippen molar-refractivity contribution in [3.63, 3.8) is 0 Å². The number of amides is 2. The fraction of sp³-hybridized carbons (Fsp3) is 0.333. The quantitative estimate of drug-likeness (QED) is 0.773. The summed E-state index contributed by atoms with van der Waals surface area (Å²) in [5, 5.41) is 2.86. The standard InChI is InChI=1S/C21H26N2O4/c1-15-5-10-20(27-4)19(13-15)22-21(25)11-12-23(16(2)24)14-17-6-8-18(26-3)9-7-17/h5-10,13H,11-12,14H2,1-4H3,(H,22,25).